The molecule has 0 radical (unpaired) electrons. The van der Waals surface area contributed by atoms with E-state index in [0.29, 0.717) is 25.7 Å². The zero-order valence-electron chi connectivity index (χ0n) is 39.2. The van der Waals surface area contributed by atoms with Crippen molar-refractivity contribution in [3.05, 3.63) is 0 Å². The Balaban J connectivity index is 1.04. The molecule has 9 aliphatic rings. The molecule has 9 fully saturated rings. The maximum absolute atomic E-state index is 12.4. The highest BCUT2D eigenvalue weighted by molar-refractivity contribution is 5.66. The number of ether oxygens (including phenoxy) is 8. The first-order valence-electron chi connectivity index (χ1n) is 24.1. The summed E-state index contributed by atoms with van der Waals surface area (Å²) in [6, 6.07) is 0. The quantitative estimate of drug-likeness (QED) is 0.112. The van der Waals surface area contributed by atoms with Crippen molar-refractivity contribution in [2.45, 2.75) is 223 Å². The Hall–Kier alpha value is -1.17. The summed E-state index contributed by atoms with van der Waals surface area (Å²) in [7, 11) is 0. The summed E-state index contributed by atoms with van der Waals surface area (Å²) >= 11 is 0. The lowest BCUT2D eigenvalue weighted by molar-refractivity contribution is -0.359. The third-order valence-electron chi connectivity index (χ3n) is 19.2. The van der Waals surface area contributed by atoms with Crippen molar-refractivity contribution >= 4 is 5.97 Å². The molecule has 0 bridgehead atoms. The van der Waals surface area contributed by atoms with Crippen LogP contribution in [0, 0.1) is 44.8 Å². The van der Waals surface area contributed by atoms with Crippen LogP contribution in [0.25, 0.3) is 0 Å². The van der Waals surface area contributed by atoms with Crippen LogP contribution in [0.4, 0.5) is 0 Å². The molecule has 5 unspecified atom stereocenters. The smallest absolute Gasteiger partial charge is 0.303 e. The lowest BCUT2D eigenvalue weighted by Gasteiger charge is -2.65. The first-order valence-corrected chi connectivity index (χ1v) is 24.1. The summed E-state index contributed by atoms with van der Waals surface area (Å²) in [6.07, 6.45) is -12.5. The molecule has 0 aromatic heterocycles. The van der Waals surface area contributed by atoms with E-state index < -0.39 is 115 Å². The molecular formula is C47H76O18. The summed E-state index contributed by atoms with van der Waals surface area (Å²) < 4.78 is 50.1. The van der Waals surface area contributed by atoms with Gasteiger partial charge >= 0.3 is 5.97 Å². The van der Waals surface area contributed by atoms with E-state index in [9.17, 15) is 50.8 Å². The van der Waals surface area contributed by atoms with E-state index in [0.717, 1.165) is 32.1 Å². The van der Waals surface area contributed by atoms with Gasteiger partial charge in [-0.25, -0.2) is 0 Å². The standard InChI is InChI=1S/C47H76O18/c1-21(48)61-34-25(52)19-60-40(35(34)64-39-33(56)31(54)24(51)18-59-39)63-28-10-12-47-20-46(47)14-13-43(6)36(45(8)11-9-29(65-45)42(4,5)57)22(49)16-44(43,7)27(46)15-26(37(47)41(28,2)3)62-38-32(55)30(53)23(50)17-58-38/h22-40,49-57H,9-20H2,1-8H3/t22?,23-,24-,25+,26-,27?,28?,29-,30+,31-,32-,33+,34-,35+,36?,37?,38+,39-,40-,43+,44-,45+,46-,47+/m0/s1. The molecule has 4 heterocycles. The summed E-state index contributed by atoms with van der Waals surface area (Å²) in [4.78, 5) is 12.4. The average molecular weight is 929 g/mol. The topological polar surface area (TPSA) is 273 Å². The van der Waals surface area contributed by atoms with Crippen LogP contribution < -0.4 is 0 Å². The van der Waals surface area contributed by atoms with Crippen molar-refractivity contribution in [3.8, 4) is 0 Å². The van der Waals surface area contributed by atoms with Crippen LogP contribution in [0.2, 0.25) is 0 Å². The summed E-state index contributed by atoms with van der Waals surface area (Å²) in [5.74, 6) is -1.02. The second kappa shape index (κ2) is 16.5. The van der Waals surface area contributed by atoms with Gasteiger partial charge in [-0.3, -0.25) is 4.79 Å². The predicted molar refractivity (Wildman–Crippen MR) is 224 cm³/mol. The molecule has 24 atom stereocenters. The van der Waals surface area contributed by atoms with Gasteiger partial charge in [-0.2, -0.15) is 0 Å². The lowest BCUT2D eigenvalue weighted by atomic mass is 9.41. The molecule has 9 N–H and O–H groups in total. The number of esters is 1. The number of hydrogen-bond acceptors (Lipinski definition) is 18. The van der Waals surface area contributed by atoms with E-state index in [4.69, 9.17) is 37.9 Å². The zero-order chi connectivity index (χ0) is 47.2. The van der Waals surface area contributed by atoms with Gasteiger partial charge in [-0.05, 0) is 117 Å². The summed E-state index contributed by atoms with van der Waals surface area (Å²) in [6.45, 7) is 14.9. The molecule has 372 valence electrons. The van der Waals surface area contributed by atoms with Crippen molar-refractivity contribution in [2.75, 3.05) is 19.8 Å². The van der Waals surface area contributed by atoms with Gasteiger partial charge in [0.15, 0.2) is 31.1 Å². The van der Waals surface area contributed by atoms with E-state index >= 15 is 0 Å². The molecule has 9 rings (SSSR count). The van der Waals surface area contributed by atoms with Crippen molar-refractivity contribution in [2.24, 2.45) is 44.8 Å². The fraction of sp³-hybridized carbons (Fsp3) is 0.979. The van der Waals surface area contributed by atoms with Gasteiger partial charge in [0, 0.05) is 12.8 Å². The van der Waals surface area contributed by atoms with Gasteiger partial charge < -0.3 is 83.9 Å². The molecule has 4 aliphatic heterocycles. The lowest BCUT2D eigenvalue weighted by Crippen LogP contribution is -2.65. The van der Waals surface area contributed by atoms with Crippen molar-refractivity contribution in [1.82, 2.24) is 0 Å². The molecule has 4 saturated heterocycles. The zero-order valence-corrected chi connectivity index (χ0v) is 39.2. The minimum absolute atomic E-state index is 0.0791. The first-order chi connectivity index (χ1) is 30.2. The van der Waals surface area contributed by atoms with Crippen LogP contribution >= 0.6 is 0 Å². The normalized spacial score (nSPS) is 56.2. The van der Waals surface area contributed by atoms with Crippen LogP contribution in [0.1, 0.15) is 113 Å². The van der Waals surface area contributed by atoms with E-state index in [1.54, 1.807) is 13.8 Å². The molecule has 18 heteroatoms. The molecule has 2 spiro atoms. The highest BCUT2D eigenvalue weighted by Crippen LogP contribution is 2.89. The van der Waals surface area contributed by atoms with E-state index in [1.807, 2.05) is 0 Å². The number of aliphatic hydroxyl groups excluding tert-OH is 8. The van der Waals surface area contributed by atoms with Crippen LogP contribution in [-0.2, 0) is 42.7 Å². The summed E-state index contributed by atoms with van der Waals surface area (Å²) in [5, 5.41) is 98.3. The molecule has 0 amide bonds. The fourth-order valence-electron chi connectivity index (χ4n) is 16.1. The monoisotopic (exact) mass is 929 g/mol. The fourth-order valence-corrected chi connectivity index (χ4v) is 16.1. The summed E-state index contributed by atoms with van der Waals surface area (Å²) in [5.41, 5.74) is -3.47. The first kappa shape index (κ1) is 48.8. The molecule has 5 saturated carbocycles. The Morgan fingerprint density at radius 3 is 1.83 bits per heavy atom. The van der Waals surface area contributed by atoms with Gasteiger partial charge in [-0.1, -0.05) is 27.7 Å². The van der Waals surface area contributed by atoms with Crippen LogP contribution in [-0.4, -0.2) is 181 Å². The molecular weight excluding hydrogens is 852 g/mol. The average Bonchev–Trinajstić information content (AvgIpc) is 3.58. The van der Waals surface area contributed by atoms with Crippen molar-refractivity contribution < 1.29 is 88.6 Å². The van der Waals surface area contributed by atoms with E-state index in [2.05, 4.69) is 34.6 Å². The Labute approximate surface area is 381 Å². The van der Waals surface area contributed by atoms with E-state index in [-0.39, 0.29) is 65.3 Å². The highest BCUT2D eigenvalue weighted by atomic mass is 16.8. The molecule has 5 aliphatic carbocycles. The number of carbonyl (C=O) groups excluding carboxylic acids is 1. The number of hydrogen-bond donors (Lipinski definition) is 9. The van der Waals surface area contributed by atoms with Gasteiger partial charge in [0.2, 0.25) is 0 Å². The van der Waals surface area contributed by atoms with Gasteiger partial charge in [0.05, 0.1) is 55.4 Å². The number of fused-ring (bicyclic) bond motifs is 2. The molecule has 18 nitrogen and oxygen atoms in total. The third-order valence-corrected chi connectivity index (χ3v) is 19.2. The molecule has 65 heavy (non-hydrogen) atoms. The number of carbonyl (C=O) groups is 1. The van der Waals surface area contributed by atoms with Crippen LogP contribution in [0.5, 0.6) is 0 Å². The predicted octanol–water partition coefficient (Wildman–Crippen LogP) is 0.397. The van der Waals surface area contributed by atoms with Crippen molar-refractivity contribution in [3.63, 3.8) is 0 Å². The maximum atomic E-state index is 12.4. The van der Waals surface area contributed by atoms with E-state index in [1.165, 1.54) is 6.92 Å². The largest absolute Gasteiger partial charge is 0.457 e. The van der Waals surface area contributed by atoms with Gasteiger partial charge in [-0.15, -0.1) is 0 Å². The minimum Gasteiger partial charge on any atom is -0.457 e. The number of aliphatic hydroxyl groups is 9. The second-order valence-electron chi connectivity index (χ2n) is 23.6. The van der Waals surface area contributed by atoms with Crippen molar-refractivity contribution in [1.29, 1.82) is 0 Å². The van der Waals surface area contributed by atoms with Crippen LogP contribution in [0.3, 0.4) is 0 Å². The van der Waals surface area contributed by atoms with Gasteiger partial charge in [0.1, 0.15) is 42.7 Å². The second-order valence-corrected chi connectivity index (χ2v) is 23.6. The minimum atomic E-state index is -1.69. The number of rotatable bonds is 9. The molecule has 0 aromatic rings. The molecule has 0 aromatic carbocycles. The Morgan fingerprint density at radius 2 is 1.23 bits per heavy atom. The third kappa shape index (κ3) is 7.44. The van der Waals surface area contributed by atoms with Crippen LogP contribution in [0.15, 0.2) is 0 Å². The Morgan fingerprint density at radius 1 is 0.631 bits per heavy atom. The maximum Gasteiger partial charge on any atom is 0.303 e. The highest BCUT2D eigenvalue weighted by Gasteiger charge is 2.85. The Kier molecular flexibility index (Phi) is 12.4. The van der Waals surface area contributed by atoms with Gasteiger partial charge in [0.25, 0.3) is 0 Å². The SMILES string of the molecule is CC(=O)O[C@@H]1[C@@H](O[C@@H]2OC[C@H](O)[C@H](O)[C@H]2O)[C@H](OC2CC[C@]34C[C@]35CC[C@]3(C)C([C@@]6(C)CC[C@@H](C(C)(C)O)O6)C(O)C[C@@]3(C)C5C[C@H](O[C@H]3OC[C@H](O)[C@@H](O)[C@@H]3O)C4C2(C)C)OC[C@H]1O. The Bertz CT molecular complexity index is 1780.